The summed E-state index contributed by atoms with van der Waals surface area (Å²) in [5.74, 6) is -0.449. The van der Waals surface area contributed by atoms with E-state index in [9.17, 15) is 19.8 Å². The molecule has 0 rings (SSSR count). The summed E-state index contributed by atoms with van der Waals surface area (Å²) >= 11 is 0. The summed E-state index contributed by atoms with van der Waals surface area (Å²) in [7, 11) is 0. The largest absolute Gasteiger partial charge is 0.462 e. The van der Waals surface area contributed by atoms with E-state index in [-0.39, 0.29) is 24.9 Å². The van der Waals surface area contributed by atoms with Gasteiger partial charge in [-0.1, -0.05) is 315 Å². The van der Waals surface area contributed by atoms with Gasteiger partial charge in [-0.15, -0.1) is 0 Å². The molecular formula is C65H127NO5. The third-order valence-corrected chi connectivity index (χ3v) is 15.3. The molecule has 3 atom stereocenters. The van der Waals surface area contributed by atoms with Crippen molar-refractivity contribution in [3.63, 3.8) is 0 Å². The van der Waals surface area contributed by atoms with Crippen LogP contribution in [0.5, 0.6) is 0 Å². The average Bonchev–Trinajstić information content (AvgIpc) is 3.36. The minimum Gasteiger partial charge on any atom is -0.462 e. The van der Waals surface area contributed by atoms with E-state index < -0.39 is 18.2 Å². The Morgan fingerprint density at radius 1 is 0.394 bits per heavy atom. The number of esters is 1. The minimum atomic E-state index is -0.785. The number of carbonyl (C=O) groups is 2. The Bertz CT molecular complexity index is 1080. The second-order valence-corrected chi connectivity index (χ2v) is 22.5. The highest BCUT2D eigenvalue weighted by Crippen LogP contribution is 2.20. The molecule has 0 bridgehead atoms. The summed E-state index contributed by atoms with van der Waals surface area (Å²) in [4.78, 5) is 26.4. The van der Waals surface area contributed by atoms with Gasteiger partial charge in [-0.05, 0) is 51.4 Å². The number of allylic oxidation sites excluding steroid dienone is 2. The lowest BCUT2D eigenvalue weighted by Gasteiger charge is -2.24. The molecule has 0 saturated carbocycles. The predicted molar refractivity (Wildman–Crippen MR) is 310 cm³/mol. The maximum absolute atomic E-state index is 13.3. The lowest BCUT2D eigenvalue weighted by molar-refractivity contribution is -0.151. The van der Waals surface area contributed by atoms with Gasteiger partial charge in [0.1, 0.15) is 6.10 Å². The first-order valence-corrected chi connectivity index (χ1v) is 32.4. The van der Waals surface area contributed by atoms with Crippen molar-refractivity contribution >= 4 is 11.9 Å². The van der Waals surface area contributed by atoms with E-state index in [0.29, 0.717) is 19.3 Å². The Morgan fingerprint density at radius 2 is 0.676 bits per heavy atom. The molecule has 0 heterocycles. The smallest absolute Gasteiger partial charge is 0.306 e. The number of nitrogens with one attached hydrogen (secondary N) is 1. The van der Waals surface area contributed by atoms with Crippen molar-refractivity contribution < 1.29 is 24.5 Å². The molecule has 422 valence electrons. The van der Waals surface area contributed by atoms with Gasteiger partial charge in [-0.25, -0.2) is 0 Å². The van der Waals surface area contributed by atoms with Crippen LogP contribution < -0.4 is 5.32 Å². The molecule has 0 fully saturated rings. The fourth-order valence-corrected chi connectivity index (χ4v) is 10.4. The highest BCUT2D eigenvalue weighted by Gasteiger charge is 2.24. The zero-order chi connectivity index (χ0) is 51.6. The summed E-state index contributed by atoms with van der Waals surface area (Å²) in [6.07, 6.45) is 70.0. The van der Waals surface area contributed by atoms with Crippen molar-refractivity contribution in [2.45, 2.75) is 386 Å². The molecular weight excluding hydrogens is 875 g/mol. The number of unbranched alkanes of at least 4 members (excludes halogenated alkanes) is 46. The molecule has 0 spiro atoms. The van der Waals surface area contributed by atoms with E-state index >= 15 is 0 Å². The number of ether oxygens (including phenoxy) is 1. The molecule has 0 aliphatic heterocycles. The van der Waals surface area contributed by atoms with Crippen LogP contribution in [0.2, 0.25) is 0 Å². The number of amides is 1. The van der Waals surface area contributed by atoms with Gasteiger partial charge in [0, 0.05) is 6.42 Å². The van der Waals surface area contributed by atoms with Crippen molar-refractivity contribution in [2.24, 2.45) is 0 Å². The van der Waals surface area contributed by atoms with Crippen molar-refractivity contribution in [2.75, 3.05) is 6.61 Å². The molecule has 71 heavy (non-hydrogen) atoms. The fraction of sp³-hybridized carbons (Fsp3) is 0.938. The average molecular weight is 1000 g/mol. The summed E-state index contributed by atoms with van der Waals surface area (Å²) in [5, 5.41) is 24.0. The van der Waals surface area contributed by atoms with Gasteiger partial charge in [0.2, 0.25) is 5.91 Å². The molecule has 6 nitrogen and oxygen atoms in total. The first kappa shape index (κ1) is 69.6. The normalized spacial score (nSPS) is 13.0. The van der Waals surface area contributed by atoms with Gasteiger partial charge in [0.15, 0.2) is 0 Å². The van der Waals surface area contributed by atoms with Crippen LogP contribution in [0.25, 0.3) is 0 Å². The maximum Gasteiger partial charge on any atom is 0.306 e. The molecule has 0 aliphatic carbocycles. The number of rotatable bonds is 60. The van der Waals surface area contributed by atoms with Crippen LogP contribution in [0.4, 0.5) is 0 Å². The molecule has 0 radical (unpaired) electrons. The minimum absolute atomic E-state index is 0.0829. The lowest BCUT2D eigenvalue weighted by atomic mass is 10.0. The third kappa shape index (κ3) is 54.7. The van der Waals surface area contributed by atoms with Gasteiger partial charge in [0.25, 0.3) is 0 Å². The van der Waals surface area contributed by atoms with Crippen molar-refractivity contribution in [1.29, 1.82) is 0 Å². The molecule has 0 aromatic heterocycles. The van der Waals surface area contributed by atoms with Crippen LogP contribution in [-0.2, 0) is 14.3 Å². The van der Waals surface area contributed by atoms with E-state index in [1.807, 2.05) is 0 Å². The van der Waals surface area contributed by atoms with E-state index in [1.165, 1.54) is 270 Å². The van der Waals surface area contributed by atoms with Crippen LogP contribution in [0, 0.1) is 0 Å². The van der Waals surface area contributed by atoms with Crippen LogP contribution in [0.15, 0.2) is 12.2 Å². The van der Waals surface area contributed by atoms with Crippen molar-refractivity contribution in [1.82, 2.24) is 5.32 Å². The quantitative estimate of drug-likeness (QED) is 0.0320. The maximum atomic E-state index is 13.3. The Morgan fingerprint density at radius 3 is 1.00 bits per heavy atom. The second-order valence-electron chi connectivity index (χ2n) is 22.5. The number of carbonyl (C=O) groups excluding carboxylic acids is 2. The monoisotopic (exact) mass is 1000 g/mol. The molecule has 0 aromatic carbocycles. The summed E-state index contributed by atoms with van der Waals surface area (Å²) < 4.78 is 6.00. The van der Waals surface area contributed by atoms with E-state index in [2.05, 4.69) is 38.2 Å². The molecule has 1 amide bonds. The van der Waals surface area contributed by atoms with E-state index in [0.717, 1.165) is 51.4 Å². The van der Waals surface area contributed by atoms with Crippen molar-refractivity contribution in [3.05, 3.63) is 12.2 Å². The summed E-state index contributed by atoms with van der Waals surface area (Å²) in [6.45, 7) is 6.55. The first-order chi connectivity index (χ1) is 35.0. The van der Waals surface area contributed by atoms with Gasteiger partial charge in [-0.3, -0.25) is 9.59 Å². The van der Waals surface area contributed by atoms with E-state index in [4.69, 9.17) is 4.74 Å². The SMILES string of the molecule is CCCCCCCC/C=C/CCCCCCCCCC(CC(=O)NC(CO)C(O)CCCCCCCCCCCCCCCCCC)OC(=O)CCCCCCCCCCCCCCCCCCCCC. The Labute approximate surface area is 444 Å². The molecule has 0 aromatic rings. The number of hydrogen-bond acceptors (Lipinski definition) is 5. The Balaban J connectivity index is 4.48. The van der Waals surface area contributed by atoms with Crippen LogP contribution in [0.1, 0.15) is 367 Å². The zero-order valence-electron chi connectivity index (χ0n) is 48.4. The Hall–Kier alpha value is -1.40. The Kier molecular flexibility index (Phi) is 58.3. The van der Waals surface area contributed by atoms with Gasteiger partial charge >= 0.3 is 5.97 Å². The predicted octanol–water partition coefficient (Wildman–Crippen LogP) is 20.4. The van der Waals surface area contributed by atoms with Crippen LogP contribution in [-0.4, -0.2) is 46.9 Å². The van der Waals surface area contributed by atoms with Gasteiger partial charge < -0.3 is 20.3 Å². The summed E-state index contributed by atoms with van der Waals surface area (Å²) in [5.41, 5.74) is 0. The topological polar surface area (TPSA) is 95.9 Å². The highest BCUT2D eigenvalue weighted by molar-refractivity contribution is 5.77. The molecule has 6 heteroatoms. The number of aliphatic hydroxyl groups is 2. The molecule has 0 aliphatic rings. The fourth-order valence-electron chi connectivity index (χ4n) is 10.4. The van der Waals surface area contributed by atoms with Crippen molar-refractivity contribution in [3.8, 4) is 0 Å². The van der Waals surface area contributed by atoms with E-state index in [1.54, 1.807) is 0 Å². The van der Waals surface area contributed by atoms with Gasteiger partial charge in [0.05, 0.1) is 25.2 Å². The lowest BCUT2D eigenvalue weighted by Crippen LogP contribution is -2.46. The number of hydrogen-bond donors (Lipinski definition) is 3. The number of aliphatic hydroxyl groups excluding tert-OH is 2. The molecule has 3 N–H and O–H groups in total. The van der Waals surface area contributed by atoms with Crippen LogP contribution >= 0.6 is 0 Å². The third-order valence-electron chi connectivity index (χ3n) is 15.3. The van der Waals surface area contributed by atoms with Crippen LogP contribution in [0.3, 0.4) is 0 Å². The highest BCUT2D eigenvalue weighted by atomic mass is 16.5. The van der Waals surface area contributed by atoms with Gasteiger partial charge in [-0.2, -0.15) is 0 Å². The summed E-state index contributed by atoms with van der Waals surface area (Å²) in [6, 6.07) is -0.699. The molecule has 3 unspecified atom stereocenters. The first-order valence-electron chi connectivity index (χ1n) is 32.4. The molecule has 0 saturated heterocycles. The zero-order valence-corrected chi connectivity index (χ0v) is 48.4. The standard InChI is InChI=1S/C65H127NO5/c1-4-7-10-13-16-19-22-25-28-31-32-34-37-40-43-46-49-52-55-58-65(70)71-61(56-53-50-47-44-41-38-35-33-29-26-23-20-17-14-11-8-5-2)59-64(69)66-62(60-67)63(68)57-54-51-48-45-42-39-36-30-27-24-21-18-15-12-9-6-3/h26,29,61-63,67-68H,4-25,27-28,30-60H2,1-3H3,(H,66,69)/b29-26+. The second kappa shape index (κ2) is 59.5.